The molecule has 2 amide bonds. The molecule has 5 heteroatoms. The van der Waals surface area contributed by atoms with Gasteiger partial charge in [-0.15, -0.1) is 0 Å². The topological polar surface area (TPSA) is 62.3 Å². The second-order valence-electron chi connectivity index (χ2n) is 7.16. The molecule has 1 aliphatic heterocycles. The number of anilines is 1. The third-order valence-electron chi connectivity index (χ3n) is 5.05. The molecule has 27 heavy (non-hydrogen) atoms. The van der Waals surface area contributed by atoms with Gasteiger partial charge in [0, 0.05) is 24.8 Å². The molecule has 2 aromatic rings. The van der Waals surface area contributed by atoms with Crippen molar-refractivity contribution >= 4 is 17.5 Å². The minimum absolute atomic E-state index is 0.00180. The zero-order valence-electron chi connectivity index (χ0n) is 16.0. The van der Waals surface area contributed by atoms with Crippen LogP contribution < -0.4 is 10.2 Å². The summed E-state index contributed by atoms with van der Waals surface area (Å²) in [6.07, 6.45) is 5.35. The number of carbonyl (C=O) groups is 2. The molecule has 0 radical (unpaired) electrons. The Balaban J connectivity index is 1.60. The van der Waals surface area contributed by atoms with Gasteiger partial charge in [-0.05, 0) is 49.6 Å². The fourth-order valence-corrected chi connectivity index (χ4v) is 3.39. The standard InChI is InChI=1S/C22H27N3O2/c1-3-4-7-17-9-11-19(12-10-17)25-15-18(14-21(25)26)22(27)24-16(2)20-8-5-6-13-23-20/h5-6,8-13,16,18H,3-4,7,14-15H2,1-2H3,(H,24,27). The van der Waals surface area contributed by atoms with Crippen LogP contribution in [0.15, 0.2) is 48.7 Å². The molecule has 0 aliphatic carbocycles. The number of aromatic nitrogens is 1. The minimum atomic E-state index is -0.330. The van der Waals surface area contributed by atoms with Crippen molar-refractivity contribution in [1.29, 1.82) is 0 Å². The van der Waals surface area contributed by atoms with E-state index >= 15 is 0 Å². The molecular formula is C22H27N3O2. The van der Waals surface area contributed by atoms with Gasteiger partial charge in [0.25, 0.3) is 0 Å². The maximum absolute atomic E-state index is 12.6. The van der Waals surface area contributed by atoms with Crippen molar-refractivity contribution in [3.8, 4) is 0 Å². The smallest absolute Gasteiger partial charge is 0.227 e. The van der Waals surface area contributed by atoms with Gasteiger partial charge in [0.1, 0.15) is 0 Å². The van der Waals surface area contributed by atoms with Crippen LogP contribution in [0.2, 0.25) is 0 Å². The Morgan fingerprint density at radius 2 is 2.04 bits per heavy atom. The molecule has 0 saturated carbocycles. The Morgan fingerprint density at radius 3 is 2.70 bits per heavy atom. The number of rotatable bonds is 7. The molecule has 1 aromatic heterocycles. The quantitative estimate of drug-likeness (QED) is 0.814. The van der Waals surface area contributed by atoms with Gasteiger partial charge < -0.3 is 10.2 Å². The highest BCUT2D eigenvalue weighted by molar-refractivity contribution is 6.00. The van der Waals surface area contributed by atoms with Crippen LogP contribution in [0, 0.1) is 5.92 Å². The maximum atomic E-state index is 12.6. The van der Waals surface area contributed by atoms with Gasteiger partial charge in [-0.1, -0.05) is 31.5 Å². The molecule has 2 heterocycles. The fourth-order valence-electron chi connectivity index (χ4n) is 3.39. The van der Waals surface area contributed by atoms with Crippen molar-refractivity contribution in [1.82, 2.24) is 10.3 Å². The van der Waals surface area contributed by atoms with E-state index in [1.807, 2.05) is 37.3 Å². The first-order valence-corrected chi connectivity index (χ1v) is 9.69. The van der Waals surface area contributed by atoms with E-state index in [1.54, 1.807) is 11.1 Å². The van der Waals surface area contributed by atoms with Gasteiger partial charge in [0.05, 0.1) is 17.7 Å². The minimum Gasteiger partial charge on any atom is -0.348 e. The zero-order chi connectivity index (χ0) is 19.2. The highest BCUT2D eigenvalue weighted by Crippen LogP contribution is 2.26. The Hall–Kier alpha value is -2.69. The van der Waals surface area contributed by atoms with Crippen molar-refractivity contribution in [2.24, 2.45) is 5.92 Å². The van der Waals surface area contributed by atoms with Gasteiger partial charge in [-0.2, -0.15) is 0 Å². The summed E-state index contributed by atoms with van der Waals surface area (Å²) in [7, 11) is 0. The number of aryl methyl sites for hydroxylation is 1. The van der Waals surface area contributed by atoms with Crippen LogP contribution >= 0.6 is 0 Å². The second kappa shape index (κ2) is 8.80. The molecule has 1 fully saturated rings. The van der Waals surface area contributed by atoms with Gasteiger partial charge in [0.15, 0.2) is 0 Å². The molecule has 142 valence electrons. The van der Waals surface area contributed by atoms with E-state index in [2.05, 4.69) is 29.4 Å². The average molecular weight is 365 g/mol. The predicted octanol–water partition coefficient (Wildman–Crippen LogP) is 3.65. The number of pyridine rings is 1. The summed E-state index contributed by atoms with van der Waals surface area (Å²) in [5, 5.41) is 2.98. The number of nitrogens with zero attached hydrogens (tertiary/aromatic N) is 2. The summed E-state index contributed by atoms with van der Waals surface area (Å²) >= 11 is 0. The number of amides is 2. The average Bonchev–Trinajstić information content (AvgIpc) is 3.09. The third-order valence-corrected chi connectivity index (χ3v) is 5.05. The SMILES string of the molecule is CCCCc1ccc(N2CC(C(=O)NC(C)c3ccccn3)CC2=O)cc1. The van der Waals surface area contributed by atoms with E-state index in [0.717, 1.165) is 17.8 Å². The van der Waals surface area contributed by atoms with E-state index in [1.165, 1.54) is 18.4 Å². The van der Waals surface area contributed by atoms with Crippen molar-refractivity contribution < 1.29 is 9.59 Å². The van der Waals surface area contributed by atoms with Crippen LogP contribution in [0.1, 0.15) is 50.4 Å². The lowest BCUT2D eigenvalue weighted by molar-refractivity contribution is -0.126. The van der Waals surface area contributed by atoms with Crippen LogP contribution in [0.3, 0.4) is 0 Å². The Morgan fingerprint density at radius 1 is 1.26 bits per heavy atom. The normalized spacial score (nSPS) is 17.8. The van der Waals surface area contributed by atoms with Crippen LogP contribution in [-0.4, -0.2) is 23.3 Å². The first-order valence-electron chi connectivity index (χ1n) is 9.69. The Kier molecular flexibility index (Phi) is 6.22. The van der Waals surface area contributed by atoms with Gasteiger partial charge in [-0.25, -0.2) is 0 Å². The highest BCUT2D eigenvalue weighted by atomic mass is 16.2. The van der Waals surface area contributed by atoms with Crippen LogP contribution in [0.4, 0.5) is 5.69 Å². The van der Waals surface area contributed by atoms with Crippen molar-refractivity contribution in [3.63, 3.8) is 0 Å². The van der Waals surface area contributed by atoms with Crippen molar-refractivity contribution in [3.05, 3.63) is 59.9 Å². The number of unbranched alkanes of at least 4 members (excludes halogenated alkanes) is 1. The summed E-state index contributed by atoms with van der Waals surface area (Å²) in [5.41, 5.74) is 2.97. The Bertz CT molecular complexity index is 774. The van der Waals surface area contributed by atoms with E-state index in [-0.39, 0.29) is 30.2 Å². The molecule has 2 unspecified atom stereocenters. The molecule has 0 bridgehead atoms. The largest absolute Gasteiger partial charge is 0.348 e. The zero-order valence-corrected chi connectivity index (χ0v) is 16.0. The summed E-state index contributed by atoms with van der Waals surface area (Å²) in [6, 6.07) is 13.6. The predicted molar refractivity (Wildman–Crippen MR) is 106 cm³/mol. The highest BCUT2D eigenvalue weighted by Gasteiger charge is 2.35. The summed E-state index contributed by atoms with van der Waals surface area (Å²) in [6.45, 7) is 4.51. The van der Waals surface area contributed by atoms with E-state index in [0.29, 0.717) is 6.54 Å². The fraction of sp³-hybridized carbons (Fsp3) is 0.409. The first-order chi connectivity index (χ1) is 13.1. The molecule has 1 N–H and O–H groups in total. The number of hydrogen-bond acceptors (Lipinski definition) is 3. The summed E-state index contributed by atoms with van der Waals surface area (Å²) < 4.78 is 0. The molecule has 2 atom stereocenters. The maximum Gasteiger partial charge on any atom is 0.227 e. The van der Waals surface area contributed by atoms with Gasteiger partial charge in [0.2, 0.25) is 11.8 Å². The molecule has 0 spiro atoms. The van der Waals surface area contributed by atoms with Crippen LogP contribution in [0.25, 0.3) is 0 Å². The Labute approximate surface area is 160 Å². The summed E-state index contributed by atoms with van der Waals surface area (Å²) in [5.74, 6) is -0.422. The number of nitrogens with one attached hydrogen (secondary N) is 1. The van der Waals surface area contributed by atoms with Gasteiger partial charge in [-0.3, -0.25) is 14.6 Å². The molecule has 1 saturated heterocycles. The number of hydrogen-bond donors (Lipinski definition) is 1. The van der Waals surface area contributed by atoms with Crippen LogP contribution in [-0.2, 0) is 16.0 Å². The molecule has 1 aromatic carbocycles. The van der Waals surface area contributed by atoms with Gasteiger partial charge >= 0.3 is 0 Å². The lowest BCUT2D eigenvalue weighted by Crippen LogP contribution is -2.34. The molecule has 1 aliphatic rings. The first kappa shape index (κ1) is 19.1. The van der Waals surface area contributed by atoms with Crippen LogP contribution in [0.5, 0.6) is 0 Å². The molecule has 3 rings (SSSR count). The second-order valence-corrected chi connectivity index (χ2v) is 7.16. The molecular weight excluding hydrogens is 338 g/mol. The number of carbonyl (C=O) groups excluding carboxylic acids is 2. The lowest BCUT2D eigenvalue weighted by atomic mass is 10.1. The third kappa shape index (κ3) is 4.73. The lowest BCUT2D eigenvalue weighted by Gasteiger charge is -2.18. The monoisotopic (exact) mass is 365 g/mol. The summed E-state index contributed by atoms with van der Waals surface area (Å²) in [4.78, 5) is 31.0. The van der Waals surface area contributed by atoms with E-state index in [9.17, 15) is 9.59 Å². The number of benzene rings is 1. The van der Waals surface area contributed by atoms with Crippen molar-refractivity contribution in [2.45, 2.75) is 45.6 Å². The van der Waals surface area contributed by atoms with Crippen molar-refractivity contribution in [2.75, 3.05) is 11.4 Å². The van der Waals surface area contributed by atoms with E-state index in [4.69, 9.17) is 0 Å². The van der Waals surface area contributed by atoms with E-state index < -0.39 is 0 Å². The molecule has 5 nitrogen and oxygen atoms in total.